The molecule has 0 unspecified atom stereocenters. The number of rotatable bonds is 2. The van der Waals surface area contributed by atoms with E-state index in [0.29, 0.717) is 16.6 Å². The summed E-state index contributed by atoms with van der Waals surface area (Å²) < 4.78 is 5.97. The van der Waals surface area contributed by atoms with Crippen LogP contribution in [0.1, 0.15) is 11.3 Å². The quantitative estimate of drug-likeness (QED) is 0.776. The van der Waals surface area contributed by atoms with E-state index in [-0.39, 0.29) is 0 Å². The van der Waals surface area contributed by atoms with E-state index in [1.807, 2.05) is 32.0 Å². The largest absolute Gasteiger partial charge is 0.495 e. The van der Waals surface area contributed by atoms with Gasteiger partial charge in [0.15, 0.2) is 5.82 Å². The number of hydrogen-bond acceptors (Lipinski definition) is 3. The monoisotopic (exact) mass is 326 g/mol. The number of benzene rings is 1. The first-order valence-corrected chi connectivity index (χ1v) is 6.55. The first-order chi connectivity index (χ1) is 8.54. The average molecular weight is 328 g/mol. The van der Waals surface area contributed by atoms with Gasteiger partial charge in [-0.1, -0.05) is 17.7 Å². The molecular formula is C13H12BrClN2O. The summed E-state index contributed by atoms with van der Waals surface area (Å²) in [5, 5.41) is 0.523. The molecule has 3 nitrogen and oxygen atoms in total. The fraction of sp³-hybridized carbons (Fsp3) is 0.231. The molecule has 2 aromatic rings. The van der Waals surface area contributed by atoms with Gasteiger partial charge in [0.25, 0.3) is 0 Å². The Morgan fingerprint density at radius 2 is 1.94 bits per heavy atom. The van der Waals surface area contributed by atoms with Crippen LogP contribution in [0.4, 0.5) is 0 Å². The molecule has 5 heteroatoms. The molecule has 94 valence electrons. The second-order valence-corrected chi connectivity index (χ2v) is 5.00. The number of nitrogens with zero attached hydrogens (tertiary/aromatic N) is 2. The predicted molar refractivity (Wildman–Crippen MR) is 76.2 cm³/mol. The lowest BCUT2D eigenvalue weighted by Gasteiger charge is -2.09. The van der Waals surface area contributed by atoms with E-state index >= 15 is 0 Å². The standard InChI is InChI=1S/C13H12BrClN2O/c1-7-8(2)16-13(17-12(7)14)9-5-4-6-10(18-3)11(9)15/h4-6H,1-3H3. The van der Waals surface area contributed by atoms with Gasteiger partial charge in [-0.05, 0) is 41.9 Å². The smallest absolute Gasteiger partial charge is 0.162 e. The molecular weight excluding hydrogens is 316 g/mol. The highest BCUT2D eigenvalue weighted by Crippen LogP contribution is 2.34. The zero-order chi connectivity index (χ0) is 13.3. The van der Waals surface area contributed by atoms with Crippen molar-refractivity contribution < 1.29 is 4.74 Å². The highest BCUT2D eigenvalue weighted by atomic mass is 79.9. The Morgan fingerprint density at radius 1 is 1.22 bits per heavy atom. The maximum Gasteiger partial charge on any atom is 0.162 e. The van der Waals surface area contributed by atoms with Crippen LogP contribution in [0.15, 0.2) is 22.8 Å². The Balaban J connectivity index is 2.62. The van der Waals surface area contributed by atoms with Crippen molar-refractivity contribution in [1.29, 1.82) is 0 Å². The summed E-state index contributed by atoms with van der Waals surface area (Å²) >= 11 is 9.70. The fourth-order valence-corrected chi connectivity index (χ4v) is 2.30. The molecule has 0 atom stereocenters. The van der Waals surface area contributed by atoms with E-state index in [1.165, 1.54) is 0 Å². The highest BCUT2D eigenvalue weighted by Gasteiger charge is 2.13. The maximum absolute atomic E-state index is 6.27. The zero-order valence-corrected chi connectivity index (χ0v) is 12.6. The summed E-state index contributed by atoms with van der Waals surface area (Å²) in [6, 6.07) is 5.55. The van der Waals surface area contributed by atoms with Crippen LogP contribution in [0.5, 0.6) is 5.75 Å². The van der Waals surface area contributed by atoms with Crippen LogP contribution in [0.25, 0.3) is 11.4 Å². The molecule has 0 spiro atoms. The number of hydrogen-bond donors (Lipinski definition) is 0. The van der Waals surface area contributed by atoms with Gasteiger partial charge in [0.1, 0.15) is 10.4 Å². The zero-order valence-electron chi connectivity index (χ0n) is 10.3. The van der Waals surface area contributed by atoms with E-state index in [9.17, 15) is 0 Å². The van der Waals surface area contributed by atoms with E-state index < -0.39 is 0 Å². The van der Waals surface area contributed by atoms with E-state index in [2.05, 4.69) is 25.9 Å². The summed E-state index contributed by atoms with van der Waals surface area (Å²) in [5.41, 5.74) is 2.71. The molecule has 0 N–H and O–H groups in total. The lowest BCUT2D eigenvalue weighted by Crippen LogP contribution is -1.98. The normalized spacial score (nSPS) is 10.5. The molecule has 0 amide bonds. The van der Waals surface area contributed by atoms with E-state index in [4.69, 9.17) is 16.3 Å². The number of methoxy groups -OCH3 is 1. The van der Waals surface area contributed by atoms with Crippen molar-refractivity contribution in [2.24, 2.45) is 0 Å². The summed E-state index contributed by atoms with van der Waals surface area (Å²) in [5.74, 6) is 1.21. The van der Waals surface area contributed by atoms with Crippen molar-refractivity contribution in [3.8, 4) is 17.1 Å². The lowest BCUT2D eigenvalue weighted by atomic mass is 10.2. The minimum absolute atomic E-state index is 0.523. The summed E-state index contributed by atoms with van der Waals surface area (Å²) in [6.45, 7) is 3.91. The van der Waals surface area contributed by atoms with Crippen molar-refractivity contribution in [2.75, 3.05) is 7.11 Å². The van der Waals surface area contributed by atoms with Crippen LogP contribution in [0.2, 0.25) is 5.02 Å². The Hall–Kier alpha value is -1.13. The minimum Gasteiger partial charge on any atom is -0.495 e. The van der Waals surface area contributed by atoms with Crippen molar-refractivity contribution in [2.45, 2.75) is 13.8 Å². The predicted octanol–water partition coefficient (Wildman–Crippen LogP) is 4.18. The number of halogens is 2. The van der Waals surface area contributed by atoms with Gasteiger partial charge in [0.05, 0.1) is 12.1 Å². The van der Waals surface area contributed by atoms with Crippen molar-refractivity contribution in [3.63, 3.8) is 0 Å². The fourth-order valence-electron chi connectivity index (χ4n) is 1.56. The topological polar surface area (TPSA) is 35.0 Å². The summed E-state index contributed by atoms with van der Waals surface area (Å²) in [6.07, 6.45) is 0. The second kappa shape index (κ2) is 5.24. The molecule has 1 aromatic carbocycles. The van der Waals surface area contributed by atoms with Crippen LogP contribution in [0.3, 0.4) is 0 Å². The summed E-state index contributed by atoms with van der Waals surface area (Å²) in [4.78, 5) is 8.86. The van der Waals surface area contributed by atoms with Crippen molar-refractivity contribution in [3.05, 3.63) is 39.1 Å². The summed E-state index contributed by atoms with van der Waals surface area (Å²) in [7, 11) is 1.59. The van der Waals surface area contributed by atoms with E-state index in [1.54, 1.807) is 7.11 Å². The molecule has 0 fully saturated rings. The Labute approximate surface area is 119 Å². The Bertz CT molecular complexity index is 579. The van der Waals surface area contributed by atoms with Gasteiger partial charge in [-0.15, -0.1) is 0 Å². The van der Waals surface area contributed by atoms with Gasteiger partial charge >= 0.3 is 0 Å². The van der Waals surface area contributed by atoms with Crippen molar-refractivity contribution >= 4 is 27.5 Å². The molecule has 0 aliphatic rings. The molecule has 0 saturated heterocycles. The SMILES string of the molecule is COc1cccc(-c2nc(C)c(C)c(Br)n2)c1Cl. The molecule has 2 rings (SSSR count). The minimum atomic E-state index is 0.523. The van der Waals surface area contributed by atoms with Crippen LogP contribution in [0, 0.1) is 13.8 Å². The van der Waals surface area contributed by atoms with Gasteiger partial charge in [0, 0.05) is 16.8 Å². The van der Waals surface area contributed by atoms with E-state index in [0.717, 1.165) is 21.4 Å². The number of ether oxygens (including phenoxy) is 1. The number of aromatic nitrogens is 2. The van der Waals surface area contributed by atoms with Crippen LogP contribution in [-0.2, 0) is 0 Å². The molecule has 0 aliphatic heterocycles. The number of aryl methyl sites for hydroxylation is 1. The Morgan fingerprint density at radius 3 is 2.56 bits per heavy atom. The molecule has 0 saturated carbocycles. The van der Waals surface area contributed by atoms with Gasteiger partial charge in [-0.3, -0.25) is 0 Å². The molecule has 1 heterocycles. The third-order valence-electron chi connectivity index (χ3n) is 2.75. The Kier molecular flexibility index (Phi) is 3.88. The molecule has 1 aromatic heterocycles. The molecule has 0 aliphatic carbocycles. The second-order valence-electron chi connectivity index (χ2n) is 3.87. The first kappa shape index (κ1) is 13.3. The van der Waals surface area contributed by atoms with Crippen LogP contribution < -0.4 is 4.74 Å². The van der Waals surface area contributed by atoms with Crippen LogP contribution >= 0.6 is 27.5 Å². The first-order valence-electron chi connectivity index (χ1n) is 5.38. The van der Waals surface area contributed by atoms with Gasteiger partial charge < -0.3 is 4.74 Å². The highest BCUT2D eigenvalue weighted by molar-refractivity contribution is 9.10. The van der Waals surface area contributed by atoms with Gasteiger partial charge in [0.2, 0.25) is 0 Å². The van der Waals surface area contributed by atoms with Gasteiger partial charge in [-0.25, -0.2) is 9.97 Å². The molecule has 0 bridgehead atoms. The lowest BCUT2D eigenvalue weighted by molar-refractivity contribution is 0.415. The third-order valence-corrected chi connectivity index (χ3v) is 3.92. The van der Waals surface area contributed by atoms with Crippen LogP contribution in [-0.4, -0.2) is 17.1 Å². The third kappa shape index (κ3) is 2.35. The van der Waals surface area contributed by atoms with Gasteiger partial charge in [-0.2, -0.15) is 0 Å². The molecule has 0 radical (unpaired) electrons. The molecule has 18 heavy (non-hydrogen) atoms. The average Bonchev–Trinajstić information content (AvgIpc) is 2.35. The van der Waals surface area contributed by atoms with Crippen molar-refractivity contribution in [1.82, 2.24) is 9.97 Å². The maximum atomic E-state index is 6.27.